The van der Waals surface area contributed by atoms with Crippen molar-refractivity contribution in [3.63, 3.8) is 0 Å². The Hall–Kier alpha value is -2.33. The molecule has 1 aliphatic heterocycles. The third-order valence-corrected chi connectivity index (χ3v) is 4.68. The van der Waals surface area contributed by atoms with Gasteiger partial charge in [-0.1, -0.05) is 48.5 Å². The summed E-state index contributed by atoms with van der Waals surface area (Å²) in [5, 5.41) is 0. The highest BCUT2D eigenvalue weighted by molar-refractivity contribution is 5.82. The number of carbonyl (C=O) groups is 1. The van der Waals surface area contributed by atoms with E-state index in [0.717, 1.165) is 31.7 Å². The highest BCUT2D eigenvalue weighted by Crippen LogP contribution is 2.24. The maximum atomic E-state index is 13.2. The van der Waals surface area contributed by atoms with Crippen LogP contribution in [0, 0.1) is 0 Å². The van der Waals surface area contributed by atoms with Crippen LogP contribution in [0.25, 0.3) is 0 Å². The number of para-hydroxylation sites is 1. The molecule has 132 valence electrons. The number of piperazine rings is 1. The van der Waals surface area contributed by atoms with Crippen molar-refractivity contribution in [2.75, 3.05) is 26.2 Å². The van der Waals surface area contributed by atoms with E-state index in [1.165, 1.54) is 0 Å². The molecular formula is C21H26N2O2. The zero-order valence-electron chi connectivity index (χ0n) is 15.0. The molecule has 1 unspecified atom stereocenters. The van der Waals surface area contributed by atoms with Gasteiger partial charge in [0.05, 0.1) is 0 Å². The molecule has 1 fully saturated rings. The van der Waals surface area contributed by atoms with E-state index in [0.29, 0.717) is 11.8 Å². The van der Waals surface area contributed by atoms with Crippen LogP contribution in [0.4, 0.5) is 0 Å². The third kappa shape index (κ3) is 4.40. The SMILES string of the molecule is CC(C)N1CCN(C(=O)C(Oc2ccccc2)c2ccccc2)CC1. The summed E-state index contributed by atoms with van der Waals surface area (Å²) < 4.78 is 6.09. The predicted octanol–water partition coefficient (Wildman–Crippen LogP) is 3.36. The molecule has 0 saturated carbocycles. The fourth-order valence-corrected chi connectivity index (χ4v) is 3.15. The van der Waals surface area contributed by atoms with Gasteiger partial charge < -0.3 is 9.64 Å². The molecule has 2 aromatic carbocycles. The van der Waals surface area contributed by atoms with Gasteiger partial charge in [0.15, 0.2) is 0 Å². The third-order valence-electron chi connectivity index (χ3n) is 4.68. The van der Waals surface area contributed by atoms with Gasteiger partial charge in [-0.25, -0.2) is 0 Å². The summed E-state index contributed by atoms with van der Waals surface area (Å²) in [4.78, 5) is 17.5. The lowest BCUT2D eigenvalue weighted by Crippen LogP contribution is -2.52. The Balaban J connectivity index is 1.76. The molecular weight excluding hydrogens is 312 g/mol. The van der Waals surface area contributed by atoms with Crippen molar-refractivity contribution in [3.8, 4) is 5.75 Å². The lowest BCUT2D eigenvalue weighted by molar-refractivity contribution is -0.141. The van der Waals surface area contributed by atoms with Gasteiger partial charge in [0.1, 0.15) is 5.75 Å². The van der Waals surface area contributed by atoms with Crippen LogP contribution < -0.4 is 4.74 Å². The Morgan fingerprint density at radius 2 is 1.44 bits per heavy atom. The zero-order valence-corrected chi connectivity index (χ0v) is 15.0. The Morgan fingerprint density at radius 1 is 0.880 bits per heavy atom. The van der Waals surface area contributed by atoms with Crippen LogP contribution in [0.2, 0.25) is 0 Å². The van der Waals surface area contributed by atoms with Gasteiger partial charge >= 0.3 is 0 Å². The summed E-state index contributed by atoms with van der Waals surface area (Å²) in [5.41, 5.74) is 0.891. The summed E-state index contributed by atoms with van der Waals surface area (Å²) in [6.07, 6.45) is -0.603. The fraction of sp³-hybridized carbons (Fsp3) is 0.381. The van der Waals surface area contributed by atoms with Crippen LogP contribution in [0.15, 0.2) is 60.7 Å². The van der Waals surface area contributed by atoms with Gasteiger partial charge in [-0.3, -0.25) is 9.69 Å². The molecule has 0 aliphatic carbocycles. The van der Waals surface area contributed by atoms with E-state index in [4.69, 9.17) is 4.74 Å². The highest BCUT2D eigenvalue weighted by atomic mass is 16.5. The van der Waals surface area contributed by atoms with Crippen LogP contribution in [-0.2, 0) is 4.79 Å². The maximum Gasteiger partial charge on any atom is 0.268 e. The first-order valence-corrected chi connectivity index (χ1v) is 8.94. The summed E-state index contributed by atoms with van der Waals surface area (Å²) >= 11 is 0. The van der Waals surface area contributed by atoms with E-state index in [-0.39, 0.29) is 5.91 Å². The van der Waals surface area contributed by atoms with Crippen LogP contribution in [0.5, 0.6) is 5.75 Å². The normalized spacial score (nSPS) is 16.7. The van der Waals surface area contributed by atoms with Gasteiger partial charge in [-0.2, -0.15) is 0 Å². The van der Waals surface area contributed by atoms with Crippen molar-refractivity contribution >= 4 is 5.91 Å². The number of hydrogen-bond donors (Lipinski definition) is 0. The average molecular weight is 338 g/mol. The Kier molecular flexibility index (Phi) is 5.71. The quantitative estimate of drug-likeness (QED) is 0.838. The highest BCUT2D eigenvalue weighted by Gasteiger charge is 2.30. The minimum Gasteiger partial charge on any atom is -0.476 e. The van der Waals surface area contributed by atoms with Crippen molar-refractivity contribution in [1.82, 2.24) is 9.80 Å². The van der Waals surface area contributed by atoms with Crippen LogP contribution in [0.1, 0.15) is 25.5 Å². The number of ether oxygens (including phenoxy) is 1. The predicted molar refractivity (Wildman–Crippen MR) is 99.5 cm³/mol. The molecule has 1 atom stereocenters. The van der Waals surface area contributed by atoms with Gasteiger partial charge in [0.25, 0.3) is 5.91 Å². The molecule has 1 aliphatic rings. The van der Waals surface area contributed by atoms with Crippen molar-refractivity contribution in [1.29, 1.82) is 0 Å². The minimum atomic E-state index is -0.603. The van der Waals surface area contributed by atoms with E-state index in [9.17, 15) is 4.79 Å². The second-order valence-electron chi connectivity index (χ2n) is 6.68. The average Bonchev–Trinajstić information content (AvgIpc) is 2.67. The first-order chi connectivity index (χ1) is 12.1. The van der Waals surface area contributed by atoms with Gasteiger partial charge in [0.2, 0.25) is 6.10 Å². The molecule has 1 saturated heterocycles. The number of amides is 1. The number of rotatable bonds is 5. The molecule has 25 heavy (non-hydrogen) atoms. The van der Waals surface area contributed by atoms with E-state index in [2.05, 4.69) is 18.7 Å². The second-order valence-corrected chi connectivity index (χ2v) is 6.68. The number of carbonyl (C=O) groups excluding carboxylic acids is 1. The molecule has 0 radical (unpaired) electrons. The zero-order chi connectivity index (χ0) is 17.6. The molecule has 0 bridgehead atoms. The molecule has 4 heteroatoms. The molecule has 0 N–H and O–H groups in total. The first-order valence-electron chi connectivity index (χ1n) is 8.94. The van der Waals surface area contributed by atoms with E-state index in [1.807, 2.05) is 65.6 Å². The first kappa shape index (κ1) is 17.5. The maximum absolute atomic E-state index is 13.2. The molecule has 1 amide bonds. The number of benzene rings is 2. The van der Waals surface area contributed by atoms with E-state index in [1.54, 1.807) is 0 Å². The summed E-state index contributed by atoms with van der Waals surface area (Å²) in [6, 6.07) is 19.8. The Bertz CT molecular complexity index is 665. The second kappa shape index (κ2) is 8.17. The largest absolute Gasteiger partial charge is 0.476 e. The molecule has 4 nitrogen and oxygen atoms in total. The summed E-state index contributed by atoms with van der Waals surface area (Å²) in [7, 11) is 0. The number of hydrogen-bond acceptors (Lipinski definition) is 3. The summed E-state index contributed by atoms with van der Waals surface area (Å²) in [5.74, 6) is 0.754. The van der Waals surface area contributed by atoms with Crippen LogP contribution in [0.3, 0.4) is 0 Å². The van der Waals surface area contributed by atoms with Crippen molar-refractivity contribution in [2.45, 2.75) is 26.0 Å². The van der Waals surface area contributed by atoms with Crippen LogP contribution >= 0.6 is 0 Å². The van der Waals surface area contributed by atoms with Crippen LogP contribution in [-0.4, -0.2) is 47.9 Å². The molecule has 0 aromatic heterocycles. The van der Waals surface area contributed by atoms with Crippen molar-refractivity contribution < 1.29 is 9.53 Å². The fourth-order valence-electron chi connectivity index (χ4n) is 3.15. The van der Waals surface area contributed by atoms with Gasteiger partial charge in [-0.15, -0.1) is 0 Å². The smallest absolute Gasteiger partial charge is 0.268 e. The van der Waals surface area contributed by atoms with E-state index >= 15 is 0 Å². The van der Waals surface area contributed by atoms with Gasteiger partial charge in [-0.05, 0) is 26.0 Å². The lowest BCUT2D eigenvalue weighted by atomic mass is 10.1. The van der Waals surface area contributed by atoms with E-state index < -0.39 is 6.10 Å². The molecule has 0 spiro atoms. The molecule has 1 heterocycles. The molecule has 2 aromatic rings. The van der Waals surface area contributed by atoms with Crippen molar-refractivity contribution in [2.24, 2.45) is 0 Å². The number of nitrogens with zero attached hydrogens (tertiary/aromatic N) is 2. The molecule has 3 rings (SSSR count). The Morgan fingerprint density at radius 3 is 2.00 bits per heavy atom. The monoisotopic (exact) mass is 338 g/mol. The van der Waals surface area contributed by atoms with Crippen molar-refractivity contribution in [3.05, 3.63) is 66.2 Å². The standard InChI is InChI=1S/C21H26N2O2/c1-17(2)22-13-15-23(16-14-22)21(24)20(18-9-5-3-6-10-18)25-19-11-7-4-8-12-19/h3-12,17,20H,13-16H2,1-2H3. The topological polar surface area (TPSA) is 32.8 Å². The summed E-state index contributed by atoms with van der Waals surface area (Å²) in [6.45, 7) is 7.72. The minimum absolute atomic E-state index is 0.0402. The Labute approximate surface area is 150 Å². The lowest BCUT2D eigenvalue weighted by Gasteiger charge is -2.38. The van der Waals surface area contributed by atoms with Gasteiger partial charge in [0, 0.05) is 37.8 Å².